The fourth-order valence-electron chi connectivity index (χ4n) is 1.27. The Morgan fingerprint density at radius 1 is 1.57 bits per heavy atom. The molecule has 0 spiro atoms. The summed E-state index contributed by atoms with van der Waals surface area (Å²) in [6.07, 6.45) is -0.0413. The number of aryl methyl sites for hydroxylation is 1. The van der Waals surface area contributed by atoms with Crippen LogP contribution in [0, 0.1) is 12.7 Å². The first kappa shape index (κ1) is 10.7. The zero-order chi connectivity index (χ0) is 10.7. The Hall–Kier alpha value is -1.42. The van der Waals surface area contributed by atoms with Gasteiger partial charge in [0, 0.05) is 18.0 Å². The Kier molecular flexibility index (Phi) is 3.19. The van der Waals surface area contributed by atoms with Gasteiger partial charge in [-0.25, -0.2) is 4.39 Å². The fourth-order valence-corrected chi connectivity index (χ4v) is 1.27. The van der Waals surface area contributed by atoms with E-state index in [9.17, 15) is 9.18 Å². The van der Waals surface area contributed by atoms with Gasteiger partial charge in [-0.3, -0.25) is 4.79 Å². The van der Waals surface area contributed by atoms with Gasteiger partial charge in [-0.2, -0.15) is 0 Å². The van der Waals surface area contributed by atoms with Gasteiger partial charge < -0.3 is 11.5 Å². The van der Waals surface area contributed by atoms with Gasteiger partial charge in [-0.05, 0) is 13.0 Å². The number of carbonyl (C=O) groups is 1. The van der Waals surface area contributed by atoms with Crippen molar-refractivity contribution >= 4 is 5.91 Å². The Bertz CT molecular complexity index is 352. The van der Waals surface area contributed by atoms with Crippen molar-refractivity contribution in [2.75, 3.05) is 0 Å². The molecule has 1 atom stereocenters. The van der Waals surface area contributed by atoms with Gasteiger partial charge >= 0.3 is 0 Å². The monoisotopic (exact) mass is 196 g/mol. The lowest BCUT2D eigenvalue weighted by atomic mass is 10.0. The van der Waals surface area contributed by atoms with Gasteiger partial charge in [0.1, 0.15) is 5.82 Å². The van der Waals surface area contributed by atoms with Crippen molar-refractivity contribution in [1.29, 1.82) is 0 Å². The predicted molar refractivity (Wildman–Crippen MR) is 51.9 cm³/mol. The van der Waals surface area contributed by atoms with Gasteiger partial charge in [-0.15, -0.1) is 0 Å². The Labute approximate surface area is 81.9 Å². The number of rotatable bonds is 3. The van der Waals surface area contributed by atoms with Gasteiger partial charge in [0.25, 0.3) is 0 Å². The highest BCUT2D eigenvalue weighted by Gasteiger charge is 2.13. The van der Waals surface area contributed by atoms with Crippen molar-refractivity contribution in [3.63, 3.8) is 0 Å². The number of nitrogens with two attached hydrogens (primary N) is 2. The van der Waals surface area contributed by atoms with Crippen molar-refractivity contribution in [3.8, 4) is 0 Å². The van der Waals surface area contributed by atoms with Crippen LogP contribution in [0.1, 0.15) is 23.6 Å². The SMILES string of the molecule is Cc1ccc(F)c(C(N)CC(N)=O)c1. The summed E-state index contributed by atoms with van der Waals surface area (Å²) < 4.78 is 13.2. The van der Waals surface area contributed by atoms with E-state index in [0.29, 0.717) is 5.56 Å². The minimum absolute atomic E-state index is 0.0413. The maximum absolute atomic E-state index is 13.2. The molecule has 3 nitrogen and oxygen atoms in total. The molecule has 1 rings (SSSR count). The molecule has 4 N–H and O–H groups in total. The van der Waals surface area contributed by atoms with Crippen LogP contribution in [0.25, 0.3) is 0 Å². The van der Waals surface area contributed by atoms with Crippen LogP contribution in [-0.2, 0) is 4.79 Å². The second-order valence-electron chi connectivity index (χ2n) is 3.30. The maximum atomic E-state index is 13.2. The van der Waals surface area contributed by atoms with Gasteiger partial charge in [0.05, 0.1) is 0 Å². The fraction of sp³-hybridized carbons (Fsp3) is 0.300. The molecule has 0 saturated carbocycles. The molecule has 14 heavy (non-hydrogen) atoms. The van der Waals surface area contributed by atoms with Crippen LogP contribution in [0.4, 0.5) is 4.39 Å². The molecule has 1 unspecified atom stereocenters. The van der Waals surface area contributed by atoms with E-state index in [1.807, 2.05) is 6.92 Å². The quantitative estimate of drug-likeness (QED) is 0.757. The summed E-state index contributed by atoms with van der Waals surface area (Å²) in [5.41, 5.74) is 11.8. The number of benzene rings is 1. The smallest absolute Gasteiger partial charge is 0.219 e. The van der Waals surface area contributed by atoms with Crippen LogP contribution in [-0.4, -0.2) is 5.91 Å². The average Bonchev–Trinajstić information content (AvgIpc) is 2.08. The molecule has 0 bridgehead atoms. The Balaban J connectivity index is 2.93. The van der Waals surface area contributed by atoms with E-state index in [0.717, 1.165) is 5.56 Å². The van der Waals surface area contributed by atoms with Crippen LogP contribution in [0.2, 0.25) is 0 Å². The number of hydrogen-bond acceptors (Lipinski definition) is 2. The van der Waals surface area contributed by atoms with Gasteiger partial charge in [0.15, 0.2) is 0 Å². The molecule has 1 aromatic carbocycles. The summed E-state index contributed by atoms with van der Waals surface area (Å²) >= 11 is 0. The lowest BCUT2D eigenvalue weighted by Crippen LogP contribution is -2.21. The van der Waals surface area contributed by atoms with E-state index in [2.05, 4.69) is 0 Å². The number of hydrogen-bond donors (Lipinski definition) is 2. The molecule has 1 aromatic rings. The van der Waals surface area contributed by atoms with Crippen LogP contribution in [0.3, 0.4) is 0 Å². The third-order valence-electron chi connectivity index (χ3n) is 1.97. The molecule has 0 saturated heterocycles. The largest absolute Gasteiger partial charge is 0.370 e. The second kappa shape index (κ2) is 4.19. The highest BCUT2D eigenvalue weighted by molar-refractivity contribution is 5.74. The first-order valence-electron chi connectivity index (χ1n) is 4.30. The van der Waals surface area contributed by atoms with E-state index in [-0.39, 0.29) is 6.42 Å². The minimum atomic E-state index is -0.660. The number of amides is 1. The van der Waals surface area contributed by atoms with E-state index < -0.39 is 17.8 Å². The highest BCUT2D eigenvalue weighted by atomic mass is 19.1. The van der Waals surface area contributed by atoms with E-state index in [1.165, 1.54) is 6.07 Å². The third kappa shape index (κ3) is 2.53. The highest BCUT2D eigenvalue weighted by Crippen LogP contribution is 2.18. The van der Waals surface area contributed by atoms with Crippen LogP contribution >= 0.6 is 0 Å². The zero-order valence-corrected chi connectivity index (χ0v) is 7.96. The summed E-state index contributed by atoms with van der Waals surface area (Å²) in [7, 11) is 0. The van der Waals surface area contributed by atoms with E-state index in [1.54, 1.807) is 12.1 Å². The van der Waals surface area contributed by atoms with Crippen molar-refractivity contribution in [2.45, 2.75) is 19.4 Å². The molecule has 0 aliphatic rings. The molecular formula is C10H13FN2O. The topological polar surface area (TPSA) is 69.1 Å². The lowest BCUT2D eigenvalue weighted by molar-refractivity contribution is -0.118. The molecule has 4 heteroatoms. The number of primary amides is 1. The summed E-state index contributed by atoms with van der Waals surface area (Å²) in [4.78, 5) is 10.6. The van der Waals surface area contributed by atoms with Crippen molar-refractivity contribution in [1.82, 2.24) is 0 Å². The van der Waals surface area contributed by atoms with Gasteiger partial charge in [-0.1, -0.05) is 17.7 Å². The standard InChI is InChI=1S/C10H13FN2O/c1-6-2-3-8(11)7(4-6)9(12)5-10(13)14/h2-4,9H,5,12H2,1H3,(H2,13,14). The molecule has 0 heterocycles. The summed E-state index contributed by atoms with van der Waals surface area (Å²) in [5.74, 6) is -0.928. The molecule has 0 aromatic heterocycles. The van der Waals surface area contributed by atoms with Gasteiger partial charge in [0.2, 0.25) is 5.91 Å². The Morgan fingerprint density at radius 2 is 2.21 bits per heavy atom. The second-order valence-corrected chi connectivity index (χ2v) is 3.30. The molecule has 0 aliphatic carbocycles. The first-order chi connectivity index (χ1) is 6.50. The molecule has 76 valence electrons. The zero-order valence-electron chi connectivity index (χ0n) is 7.96. The summed E-state index contributed by atoms with van der Waals surface area (Å²) in [6.45, 7) is 1.83. The normalized spacial score (nSPS) is 12.5. The van der Waals surface area contributed by atoms with E-state index in [4.69, 9.17) is 11.5 Å². The minimum Gasteiger partial charge on any atom is -0.370 e. The van der Waals surface area contributed by atoms with Crippen LogP contribution in [0.15, 0.2) is 18.2 Å². The summed E-state index contributed by atoms with van der Waals surface area (Å²) in [5, 5.41) is 0. The number of carbonyl (C=O) groups excluding carboxylic acids is 1. The van der Waals surface area contributed by atoms with Crippen molar-refractivity contribution in [2.24, 2.45) is 11.5 Å². The van der Waals surface area contributed by atoms with Crippen molar-refractivity contribution < 1.29 is 9.18 Å². The van der Waals surface area contributed by atoms with Crippen LogP contribution < -0.4 is 11.5 Å². The molecule has 0 radical (unpaired) electrons. The van der Waals surface area contributed by atoms with Crippen LogP contribution in [0.5, 0.6) is 0 Å². The molecular weight excluding hydrogens is 183 g/mol. The number of halogens is 1. The lowest BCUT2D eigenvalue weighted by Gasteiger charge is -2.11. The molecule has 1 amide bonds. The average molecular weight is 196 g/mol. The molecule has 0 fully saturated rings. The van der Waals surface area contributed by atoms with Crippen molar-refractivity contribution in [3.05, 3.63) is 35.1 Å². The molecule has 0 aliphatic heterocycles. The Morgan fingerprint density at radius 3 is 2.79 bits per heavy atom. The first-order valence-corrected chi connectivity index (χ1v) is 4.30. The third-order valence-corrected chi connectivity index (χ3v) is 1.97. The predicted octanol–water partition coefficient (Wildman–Crippen LogP) is 1.01. The van der Waals surface area contributed by atoms with E-state index >= 15 is 0 Å². The maximum Gasteiger partial charge on any atom is 0.219 e. The summed E-state index contributed by atoms with van der Waals surface area (Å²) in [6, 6.07) is 3.96.